The summed E-state index contributed by atoms with van der Waals surface area (Å²) in [6, 6.07) is -1.18. The second-order valence-electron chi connectivity index (χ2n) is 4.15. The molecule has 7 nitrogen and oxygen atoms in total. The number of esters is 1. The minimum absolute atomic E-state index is 0.00189. The molecule has 0 spiro atoms. The zero-order valence-corrected chi connectivity index (χ0v) is 11.6. The summed E-state index contributed by atoms with van der Waals surface area (Å²) < 4.78 is 41.5. The molecule has 10 heteroatoms. The van der Waals surface area contributed by atoms with E-state index in [1.807, 2.05) is 0 Å². The van der Waals surface area contributed by atoms with Gasteiger partial charge in [0.25, 0.3) is 0 Å². The van der Waals surface area contributed by atoms with Crippen LogP contribution >= 0.6 is 0 Å². The van der Waals surface area contributed by atoms with E-state index < -0.39 is 43.8 Å². The number of amides is 2. The van der Waals surface area contributed by atoms with E-state index in [9.17, 15) is 27.6 Å². The van der Waals surface area contributed by atoms with Crippen molar-refractivity contribution in [2.45, 2.75) is 19.5 Å². The first kappa shape index (κ1) is 19.0. The minimum atomic E-state index is -4.74. The number of urea groups is 1. The molecule has 0 rings (SSSR count). The predicted molar refractivity (Wildman–Crippen MR) is 64.5 cm³/mol. The molecule has 0 atom stereocenters. The highest BCUT2D eigenvalue weighted by Gasteiger charge is 2.36. The van der Waals surface area contributed by atoms with Gasteiger partial charge in [-0.15, -0.1) is 0 Å². The van der Waals surface area contributed by atoms with Gasteiger partial charge in [-0.05, 0) is 6.42 Å². The molecule has 0 aliphatic carbocycles. The Morgan fingerprint density at radius 1 is 1.14 bits per heavy atom. The molecule has 0 aliphatic rings. The summed E-state index contributed by atoms with van der Waals surface area (Å²) in [6.07, 6.45) is -4.36. The Morgan fingerprint density at radius 2 is 1.71 bits per heavy atom. The third-order valence-corrected chi connectivity index (χ3v) is 2.28. The quantitative estimate of drug-likeness (QED) is 0.707. The highest BCUT2D eigenvalue weighted by molar-refractivity contribution is 5.83. The Bertz CT molecular complexity index is 387. The molecule has 0 aromatic carbocycles. The Labute approximate surface area is 119 Å². The van der Waals surface area contributed by atoms with Crippen LogP contribution in [0.25, 0.3) is 0 Å². The van der Waals surface area contributed by atoms with Crippen molar-refractivity contribution in [1.82, 2.24) is 9.80 Å². The van der Waals surface area contributed by atoms with Gasteiger partial charge < -0.3 is 19.6 Å². The lowest BCUT2D eigenvalue weighted by molar-refractivity contribution is -0.150. The van der Waals surface area contributed by atoms with E-state index >= 15 is 0 Å². The lowest BCUT2D eigenvalue weighted by Crippen LogP contribution is -2.50. The molecule has 0 radical (unpaired) electrons. The van der Waals surface area contributed by atoms with Gasteiger partial charge in [0.1, 0.15) is 19.6 Å². The van der Waals surface area contributed by atoms with Crippen LogP contribution in [0.5, 0.6) is 0 Å². The number of hydrogen-bond acceptors (Lipinski definition) is 4. The van der Waals surface area contributed by atoms with E-state index in [1.165, 1.54) is 0 Å². The van der Waals surface area contributed by atoms with E-state index in [1.54, 1.807) is 6.92 Å². The van der Waals surface area contributed by atoms with Crippen molar-refractivity contribution in [2.75, 3.05) is 33.3 Å². The third-order valence-electron chi connectivity index (χ3n) is 2.28. The maximum absolute atomic E-state index is 12.4. The van der Waals surface area contributed by atoms with Crippen LogP contribution in [0.4, 0.5) is 18.0 Å². The zero-order chi connectivity index (χ0) is 16.6. The van der Waals surface area contributed by atoms with Crippen molar-refractivity contribution >= 4 is 18.0 Å². The molecule has 1 N–H and O–H groups in total. The highest BCUT2D eigenvalue weighted by atomic mass is 19.4. The number of aliphatic carboxylic acids is 1. The third kappa shape index (κ3) is 8.00. The van der Waals surface area contributed by atoms with Crippen molar-refractivity contribution in [1.29, 1.82) is 0 Å². The molecule has 21 heavy (non-hydrogen) atoms. The molecular formula is C11H17F3N2O5. The smallest absolute Gasteiger partial charge is 0.406 e. The fourth-order valence-electron chi connectivity index (χ4n) is 1.50. The van der Waals surface area contributed by atoms with Crippen LogP contribution in [0.2, 0.25) is 0 Å². The standard InChI is InChI=1S/C11H17F3N2O5/c1-3-4-15(6-9(19)21-2)10(20)16(5-8(17)18)7-11(12,13)14/h3-7H2,1-2H3,(H,17,18). The van der Waals surface area contributed by atoms with Crippen LogP contribution in [0.3, 0.4) is 0 Å². The number of nitrogens with zero attached hydrogens (tertiary/aromatic N) is 2. The summed E-state index contributed by atoms with van der Waals surface area (Å²) in [4.78, 5) is 34.7. The summed E-state index contributed by atoms with van der Waals surface area (Å²) in [5, 5.41) is 8.60. The van der Waals surface area contributed by atoms with Gasteiger partial charge in [0.05, 0.1) is 7.11 Å². The first-order valence-corrected chi connectivity index (χ1v) is 6.00. The average Bonchev–Trinajstić information content (AvgIpc) is 2.34. The molecule has 2 amide bonds. The Balaban J connectivity index is 5.08. The number of carboxylic acids is 1. The van der Waals surface area contributed by atoms with Crippen LogP contribution in [-0.4, -0.2) is 72.3 Å². The van der Waals surface area contributed by atoms with Crippen molar-refractivity contribution in [3.8, 4) is 0 Å². The number of methoxy groups -OCH3 is 1. The van der Waals surface area contributed by atoms with Crippen LogP contribution in [0.15, 0.2) is 0 Å². The molecule has 0 saturated heterocycles. The van der Waals surface area contributed by atoms with Crippen LogP contribution in [0, 0.1) is 0 Å². The van der Waals surface area contributed by atoms with E-state index in [0.29, 0.717) is 6.42 Å². The predicted octanol–water partition coefficient (Wildman–Crippen LogP) is 0.940. The molecule has 0 bridgehead atoms. The van der Waals surface area contributed by atoms with E-state index in [2.05, 4.69) is 4.74 Å². The van der Waals surface area contributed by atoms with Crippen molar-refractivity contribution < 1.29 is 37.4 Å². The Morgan fingerprint density at radius 3 is 2.10 bits per heavy atom. The summed E-state index contributed by atoms with van der Waals surface area (Å²) in [5.74, 6) is -2.39. The first-order valence-electron chi connectivity index (χ1n) is 6.00. The summed E-state index contributed by atoms with van der Waals surface area (Å²) in [5.41, 5.74) is 0. The SMILES string of the molecule is CCCN(CC(=O)OC)C(=O)N(CC(=O)O)CC(F)(F)F. The van der Waals surface area contributed by atoms with Crippen molar-refractivity contribution in [3.05, 3.63) is 0 Å². The van der Waals surface area contributed by atoms with E-state index in [-0.39, 0.29) is 11.4 Å². The molecule has 0 fully saturated rings. The topological polar surface area (TPSA) is 87.2 Å². The largest absolute Gasteiger partial charge is 0.480 e. The van der Waals surface area contributed by atoms with Gasteiger partial charge >= 0.3 is 24.1 Å². The Kier molecular flexibility index (Phi) is 7.53. The van der Waals surface area contributed by atoms with E-state index in [0.717, 1.165) is 12.0 Å². The Hall–Kier alpha value is -2.00. The second kappa shape index (κ2) is 8.32. The number of carboxylic acid groups (broad SMARTS) is 1. The monoisotopic (exact) mass is 314 g/mol. The molecule has 0 aliphatic heterocycles. The molecule has 0 aromatic heterocycles. The molecule has 122 valence electrons. The first-order chi connectivity index (χ1) is 9.60. The normalized spacial score (nSPS) is 10.9. The van der Waals surface area contributed by atoms with Crippen LogP contribution in [-0.2, 0) is 14.3 Å². The minimum Gasteiger partial charge on any atom is -0.480 e. The van der Waals surface area contributed by atoms with Gasteiger partial charge in [-0.2, -0.15) is 13.2 Å². The number of hydrogen-bond donors (Lipinski definition) is 1. The lowest BCUT2D eigenvalue weighted by Gasteiger charge is -2.29. The molecule has 0 aromatic rings. The number of ether oxygens (including phenoxy) is 1. The van der Waals surface area contributed by atoms with E-state index in [4.69, 9.17) is 5.11 Å². The molecule has 0 heterocycles. The summed E-state index contributed by atoms with van der Waals surface area (Å²) in [7, 11) is 1.07. The molecular weight excluding hydrogens is 297 g/mol. The second-order valence-corrected chi connectivity index (χ2v) is 4.15. The maximum Gasteiger partial charge on any atom is 0.406 e. The fourth-order valence-corrected chi connectivity index (χ4v) is 1.50. The van der Waals surface area contributed by atoms with Crippen LogP contribution in [0.1, 0.15) is 13.3 Å². The van der Waals surface area contributed by atoms with Gasteiger partial charge in [0.15, 0.2) is 0 Å². The fraction of sp³-hybridized carbons (Fsp3) is 0.727. The molecule has 0 unspecified atom stereocenters. The number of rotatable bonds is 7. The van der Waals surface area contributed by atoms with Gasteiger partial charge in [0, 0.05) is 6.54 Å². The summed E-state index contributed by atoms with van der Waals surface area (Å²) in [6.45, 7) is -1.71. The number of carbonyl (C=O) groups excluding carboxylic acids is 2. The van der Waals surface area contributed by atoms with Crippen molar-refractivity contribution in [3.63, 3.8) is 0 Å². The average molecular weight is 314 g/mol. The number of carbonyl (C=O) groups is 3. The van der Waals surface area contributed by atoms with Gasteiger partial charge in [-0.1, -0.05) is 6.92 Å². The van der Waals surface area contributed by atoms with Gasteiger partial charge in [0.2, 0.25) is 0 Å². The van der Waals surface area contributed by atoms with Gasteiger partial charge in [-0.3, -0.25) is 9.59 Å². The maximum atomic E-state index is 12.4. The number of halogens is 3. The summed E-state index contributed by atoms with van der Waals surface area (Å²) >= 11 is 0. The zero-order valence-electron chi connectivity index (χ0n) is 11.6. The van der Waals surface area contributed by atoms with Crippen molar-refractivity contribution in [2.24, 2.45) is 0 Å². The number of alkyl halides is 3. The lowest BCUT2D eigenvalue weighted by atomic mass is 10.4. The van der Waals surface area contributed by atoms with Gasteiger partial charge in [-0.25, -0.2) is 4.79 Å². The molecule has 0 saturated carbocycles. The highest BCUT2D eigenvalue weighted by Crippen LogP contribution is 2.17. The van der Waals surface area contributed by atoms with Crippen LogP contribution < -0.4 is 0 Å².